The molecule has 2 aromatic heterocycles. The lowest BCUT2D eigenvalue weighted by atomic mass is 10.5. The maximum Gasteiger partial charge on any atom is 0.275 e. The number of halogens is 2. The van der Waals surface area contributed by atoms with Crippen molar-refractivity contribution in [1.29, 1.82) is 0 Å². The number of aromatic nitrogens is 3. The lowest BCUT2D eigenvalue weighted by Crippen LogP contribution is -2.09. The molecule has 0 fully saturated rings. The van der Waals surface area contributed by atoms with Gasteiger partial charge in [-0.25, -0.2) is 4.52 Å². The van der Waals surface area contributed by atoms with Crippen molar-refractivity contribution in [3.8, 4) is 0 Å². The summed E-state index contributed by atoms with van der Waals surface area (Å²) in [5.41, 5.74) is 0.354. The maximum absolute atomic E-state index is 11.2. The fraction of sp³-hybridized carbons (Fsp3) is 0. The average molecular weight is 293 g/mol. The molecule has 0 atom stereocenters. The molecule has 0 amide bonds. The summed E-state index contributed by atoms with van der Waals surface area (Å²) in [6.07, 6.45) is 1.35. The number of nitrogens with zero attached hydrogens (tertiary/aromatic N) is 2. The first-order chi connectivity index (χ1) is 5.70. The van der Waals surface area contributed by atoms with Crippen LogP contribution in [0.25, 0.3) is 5.52 Å². The second-order valence-corrected chi connectivity index (χ2v) is 3.80. The van der Waals surface area contributed by atoms with Gasteiger partial charge in [0.25, 0.3) is 5.56 Å². The van der Waals surface area contributed by atoms with Gasteiger partial charge in [-0.2, -0.15) is 5.10 Å². The van der Waals surface area contributed by atoms with Gasteiger partial charge in [0.05, 0.1) is 4.47 Å². The molecule has 0 spiro atoms. The van der Waals surface area contributed by atoms with Gasteiger partial charge < -0.3 is 4.98 Å². The molecule has 2 aromatic rings. The molecule has 0 aromatic carbocycles. The van der Waals surface area contributed by atoms with Crippen LogP contribution in [0.15, 0.2) is 26.3 Å². The fourth-order valence-corrected chi connectivity index (χ4v) is 1.72. The Morgan fingerprint density at radius 1 is 1.50 bits per heavy atom. The number of H-pyrrole nitrogens is 1. The number of nitrogens with one attached hydrogen (secondary N) is 1. The Bertz CT molecular complexity index is 487. The lowest BCUT2D eigenvalue weighted by molar-refractivity contribution is 0.870. The zero-order chi connectivity index (χ0) is 8.72. The lowest BCUT2D eigenvalue weighted by Gasteiger charge is -1.91. The van der Waals surface area contributed by atoms with Gasteiger partial charge in [-0.05, 0) is 37.9 Å². The SMILES string of the molecule is O=c1[nH]cnn2c(Br)c(Br)cc12. The molecule has 0 aliphatic rings. The van der Waals surface area contributed by atoms with Gasteiger partial charge in [0.1, 0.15) is 16.4 Å². The van der Waals surface area contributed by atoms with E-state index in [9.17, 15) is 4.79 Å². The van der Waals surface area contributed by atoms with E-state index in [0.717, 1.165) is 9.08 Å². The van der Waals surface area contributed by atoms with E-state index in [1.165, 1.54) is 10.8 Å². The highest BCUT2D eigenvalue weighted by molar-refractivity contribution is 9.13. The third kappa shape index (κ3) is 1.02. The topological polar surface area (TPSA) is 50.2 Å². The Morgan fingerprint density at radius 2 is 2.25 bits per heavy atom. The van der Waals surface area contributed by atoms with E-state index in [-0.39, 0.29) is 5.56 Å². The Morgan fingerprint density at radius 3 is 2.92 bits per heavy atom. The van der Waals surface area contributed by atoms with E-state index in [1.807, 2.05) is 0 Å². The Labute approximate surface area is 83.9 Å². The molecule has 0 aliphatic heterocycles. The quantitative estimate of drug-likeness (QED) is 0.801. The minimum absolute atomic E-state index is 0.156. The molecule has 12 heavy (non-hydrogen) atoms. The van der Waals surface area contributed by atoms with Crippen molar-refractivity contribution in [2.75, 3.05) is 0 Å². The second kappa shape index (κ2) is 2.70. The van der Waals surface area contributed by atoms with Crippen molar-refractivity contribution in [2.24, 2.45) is 0 Å². The van der Waals surface area contributed by atoms with Crippen LogP contribution in [0.2, 0.25) is 0 Å². The van der Waals surface area contributed by atoms with E-state index >= 15 is 0 Å². The molecular weight excluding hydrogens is 290 g/mol. The van der Waals surface area contributed by atoms with Crippen molar-refractivity contribution in [1.82, 2.24) is 14.6 Å². The van der Waals surface area contributed by atoms with Gasteiger partial charge in [-0.15, -0.1) is 0 Å². The summed E-state index contributed by atoms with van der Waals surface area (Å²) in [7, 11) is 0. The van der Waals surface area contributed by atoms with Crippen molar-refractivity contribution < 1.29 is 0 Å². The predicted molar refractivity (Wildman–Crippen MR) is 51.2 cm³/mol. The van der Waals surface area contributed by atoms with Gasteiger partial charge >= 0.3 is 0 Å². The minimum Gasteiger partial charge on any atom is -0.310 e. The summed E-state index contributed by atoms with van der Waals surface area (Å²) in [4.78, 5) is 13.7. The van der Waals surface area contributed by atoms with Gasteiger partial charge in [-0.1, -0.05) is 0 Å². The van der Waals surface area contributed by atoms with Crippen LogP contribution in [0.4, 0.5) is 0 Å². The predicted octanol–water partition coefficient (Wildman–Crippen LogP) is 1.55. The van der Waals surface area contributed by atoms with Crippen LogP contribution >= 0.6 is 31.9 Å². The Balaban J connectivity index is 3.05. The van der Waals surface area contributed by atoms with Crippen LogP contribution in [0.3, 0.4) is 0 Å². The zero-order valence-corrected chi connectivity index (χ0v) is 8.89. The van der Waals surface area contributed by atoms with Gasteiger partial charge in [0.2, 0.25) is 0 Å². The van der Waals surface area contributed by atoms with E-state index in [0.29, 0.717) is 5.52 Å². The van der Waals surface area contributed by atoms with Crippen molar-refractivity contribution in [2.45, 2.75) is 0 Å². The largest absolute Gasteiger partial charge is 0.310 e. The first kappa shape index (κ1) is 8.00. The standard InChI is InChI=1S/C6H3Br2N3O/c7-3-1-4-6(12)9-2-10-11(4)5(3)8/h1-2H,(H,9,10,12). The number of hydrogen-bond donors (Lipinski definition) is 1. The summed E-state index contributed by atoms with van der Waals surface area (Å²) in [5.74, 6) is 0. The minimum atomic E-state index is -0.156. The maximum atomic E-state index is 11.2. The molecule has 0 radical (unpaired) electrons. The molecule has 6 heteroatoms. The molecule has 2 heterocycles. The van der Waals surface area contributed by atoms with Crippen molar-refractivity contribution in [3.05, 3.63) is 31.8 Å². The number of aromatic amines is 1. The van der Waals surface area contributed by atoms with Gasteiger partial charge in [0.15, 0.2) is 0 Å². The third-order valence-electron chi connectivity index (χ3n) is 1.48. The smallest absolute Gasteiger partial charge is 0.275 e. The highest BCUT2D eigenvalue weighted by Crippen LogP contribution is 2.24. The number of fused-ring (bicyclic) bond motifs is 1. The van der Waals surface area contributed by atoms with E-state index in [1.54, 1.807) is 6.07 Å². The number of hydrogen-bond acceptors (Lipinski definition) is 2. The molecule has 0 aliphatic carbocycles. The van der Waals surface area contributed by atoms with E-state index in [2.05, 4.69) is 41.9 Å². The molecule has 2 rings (SSSR count). The summed E-state index contributed by atoms with van der Waals surface area (Å²) in [5, 5.41) is 3.95. The van der Waals surface area contributed by atoms with Crippen LogP contribution in [0.5, 0.6) is 0 Å². The molecule has 0 unspecified atom stereocenters. The van der Waals surface area contributed by atoms with Gasteiger partial charge in [-0.3, -0.25) is 4.79 Å². The molecule has 0 bridgehead atoms. The monoisotopic (exact) mass is 291 g/mol. The van der Waals surface area contributed by atoms with E-state index < -0.39 is 0 Å². The van der Waals surface area contributed by atoms with Crippen molar-refractivity contribution in [3.63, 3.8) is 0 Å². The highest BCUT2D eigenvalue weighted by atomic mass is 79.9. The van der Waals surface area contributed by atoms with Crippen LogP contribution in [0, 0.1) is 0 Å². The second-order valence-electron chi connectivity index (χ2n) is 2.20. The van der Waals surface area contributed by atoms with Crippen LogP contribution in [-0.2, 0) is 0 Å². The summed E-state index contributed by atoms with van der Waals surface area (Å²) >= 11 is 6.57. The molecule has 0 saturated carbocycles. The first-order valence-corrected chi connectivity index (χ1v) is 4.69. The summed E-state index contributed by atoms with van der Waals surface area (Å²) in [6.45, 7) is 0. The summed E-state index contributed by atoms with van der Waals surface area (Å²) < 4.78 is 3.07. The molecule has 0 saturated heterocycles. The fourth-order valence-electron chi connectivity index (χ4n) is 0.941. The third-order valence-corrected chi connectivity index (χ3v) is 3.38. The Kier molecular flexibility index (Phi) is 1.80. The molecule has 1 N–H and O–H groups in total. The summed E-state index contributed by atoms with van der Waals surface area (Å²) in [6, 6.07) is 1.70. The van der Waals surface area contributed by atoms with Crippen molar-refractivity contribution >= 4 is 37.4 Å². The van der Waals surface area contributed by atoms with Gasteiger partial charge in [0, 0.05) is 0 Å². The highest BCUT2D eigenvalue weighted by Gasteiger charge is 2.07. The van der Waals surface area contributed by atoms with Crippen LogP contribution in [0.1, 0.15) is 0 Å². The average Bonchev–Trinajstić information content (AvgIpc) is 2.32. The normalized spacial score (nSPS) is 10.8. The first-order valence-electron chi connectivity index (χ1n) is 3.10. The zero-order valence-electron chi connectivity index (χ0n) is 5.71. The molecule has 4 nitrogen and oxygen atoms in total. The van der Waals surface area contributed by atoms with Crippen LogP contribution < -0.4 is 5.56 Å². The number of rotatable bonds is 0. The molecular formula is C6H3Br2N3O. The van der Waals surface area contributed by atoms with E-state index in [4.69, 9.17) is 0 Å². The molecule has 62 valence electrons. The van der Waals surface area contributed by atoms with Crippen LogP contribution in [-0.4, -0.2) is 14.6 Å². The Hall–Kier alpha value is -0.620.